The monoisotopic (exact) mass is 376 g/mol. The summed E-state index contributed by atoms with van der Waals surface area (Å²) in [6.45, 7) is 3.69. The van der Waals surface area contributed by atoms with Crippen molar-refractivity contribution in [2.24, 2.45) is 0 Å². The Bertz CT molecular complexity index is 970. The van der Waals surface area contributed by atoms with E-state index in [-0.39, 0.29) is 18.6 Å². The first kappa shape index (κ1) is 19.5. The van der Waals surface area contributed by atoms with E-state index in [9.17, 15) is 9.59 Å². The van der Waals surface area contributed by atoms with E-state index in [1.807, 2.05) is 61.5 Å². The van der Waals surface area contributed by atoms with Gasteiger partial charge in [0.2, 0.25) is 0 Å². The smallest absolute Gasteiger partial charge is 0.339 e. The van der Waals surface area contributed by atoms with Gasteiger partial charge in [-0.2, -0.15) is 0 Å². The van der Waals surface area contributed by atoms with E-state index in [0.29, 0.717) is 22.2 Å². The second kappa shape index (κ2) is 9.13. The van der Waals surface area contributed by atoms with E-state index in [1.165, 1.54) is 0 Å². The molecule has 1 N–H and O–H groups in total. The maximum atomic E-state index is 12.7. The molecule has 0 aliphatic rings. The molecular formula is C23H24N2O3. The van der Waals surface area contributed by atoms with Crippen molar-refractivity contribution in [3.8, 4) is 11.3 Å². The summed E-state index contributed by atoms with van der Waals surface area (Å²) in [5.41, 5.74) is 2.70. The van der Waals surface area contributed by atoms with Gasteiger partial charge in [-0.05, 0) is 25.5 Å². The van der Waals surface area contributed by atoms with Gasteiger partial charge in [0.1, 0.15) is 0 Å². The van der Waals surface area contributed by atoms with Crippen LogP contribution in [0.3, 0.4) is 0 Å². The number of esters is 1. The van der Waals surface area contributed by atoms with Crippen molar-refractivity contribution in [3.63, 3.8) is 0 Å². The highest BCUT2D eigenvalue weighted by Gasteiger charge is 2.17. The molecule has 0 saturated heterocycles. The average molecular weight is 376 g/mol. The van der Waals surface area contributed by atoms with Crippen LogP contribution in [0.25, 0.3) is 22.2 Å². The number of hydrogen-bond acceptors (Lipinski definition) is 4. The van der Waals surface area contributed by atoms with Gasteiger partial charge in [-0.15, -0.1) is 0 Å². The summed E-state index contributed by atoms with van der Waals surface area (Å²) < 4.78 is 5.29. The lowest BCUT2D eigenvalue weighted by Gasteiger charge is -2.13. The second-order valence-electron chi connectivity index (χ2n) is 6.77. The highest BCUT2D eigenvalue weighted by atomic mass is 16.5. The number of ether oxygens (including phenoxy) is 1. The molecule has 0 saturated carbocycles. The summed E-state index contributed by atoms with van der Waals surface area (Å²) in [5.74, 6) is -0.829. The highest BCUT2D eigenvalue weighted by molar-refractivity contribution is 6.05. The van der Waals surface area contributed by atoms with Crippen LogP contribution >= 0.6 is 0 Å². The third-order valence-corrected chi connectivity index (χ3v) is 4.47. The maximum Gasteiger partial charge on any atom is 0.339 e. The summed E-state index contributed by atoms with van der Waals surface area (Å²) in [7, 11) is 0. The number of carbonyl (C=O) groups is 2. The molecule has 1 atom stereocenters. The van der Waals surface area contributed by atoms with Crippen molar-refractivity contribution in [1.29, 1.82) is 0 Å². The largest absolute Gasteiger partial charge is 0.452 e. The fraction of sp³-hybridized carbons (Fsp3) is 0.261. The standard InChI is InChI=1S/C23H24N2O3/c1-3-9-16(2)24-22(26)15-28-23(27)19-14-21(17-10-5-4-6-11-17)25-20-13-8-7-12-18(19)20/h4-8,10-14,16H,3,9,15H2,1-2H3,(H,24,26)/t16-/m1/s1. The number of rotatable bonds is 7. The molecule has 0 radical (unpaired) electrons. The van der Waals surface area contributed by atoms with E-state index >= 15 is 0 Å². The maximum absolute atomic E-state index is 12.7. The van der Waals surface area contributed by atoms with Crippen LogP contribution in [0.5, 0.6) is 0 Å². The molecule has 28 heavy (non-hydrogen) atoms. The minimum atomic E-state index is -0.533. The molecular weight excluding hydrogens is 352 g/mol. The van der Waals surface area contributed by atoms with Gasteiger partial charge in [-0.3, -0.25) is 4.79 Å². The summed E-state index contributed by atoms with van der Waals surface area (Å²) >= 11 is 0. The molecule has 0 unspecified atom stereocenters. The van der Waals surface area contributed by atoms with E-state index in [4.69, 9.17) is 4.74 Å². The molecule has 2 aromatic carbocycles. The fourth-order valence-electron chi connectivity index (χ4n) is 3.13. The Balaban J connectivity index is 1.83. The van der Waals surface area contributed by atoms with Crippen LogP contribution in [0.15, 0.2) is 60.7 Å². The van der Waals surface area contributed by atoms with Crippen LogP contribution in [0.1, 0.15) is 37.0 Å². The molecule has 0 fully saturated rings. The van der Waals surface area contributed by atoms with E-state index in [1.54, 1.807) is 6.07 Å². The zero-order valence-electron chi connectivity index (χ0n) is 16.1. The SMILES string of the molecule is CCC[C@@H](C)NC(=O)COC(=O)c1cc(-c2ccccc2)nc2ccccc12. The van der Waals surface area contributed by atoms with Crippen molar-refractivity contribution >= 4 is 22.8 Å². The van der Waals surface area contributed by atoms with Crippen molar-refractivity contribution in [2.45, 2.75) is 32.7 Å². The van der Waals surface area contributed by atoms with E-state index in [2.05, 4.69) is 17.2 Å². The van der Waals surface area contributed by atoms with Crippen LogP contribution in [0.2, 0.25) is 0 Å². The number of nitrogens with zero attached hydrogens (tertiary/aromatic N) is 1. The van der Waals surface area contributed by atoms with Crippen LogP contribution in [0.4, 0.5) is 0 Å². The second-order valence-corrected chi connectivity index (χ2v) is 6.77. The summed E-state index contributed by atoms with van der Waals surface area (Å²) in [6, 6.07) is 18.8. The Kier molecular flexibility index (Phi) is 6.37. The molecule has 3 rings (SSSR count). The quantitative estimate of drug-likeness (QED) is 0.622. The van der Waals surface area contributed by atoms with Crippen molar-refractivity contribution in [2.75, 3.05) is 6.61 Å². The molecule has 5 nitrogen and oxygen atoms in total. The molecule has 144 valence electrons. The number of pyridine rings is 1. The van der Waals surface area contributed by atoms with Crippen LogP contribution in [-0.2, 0) is 9.53 Å². The number of hydrogen-bond donors (Lipinski definition) is 1. The molecule has 0 spiro atoms. The summed E-state index contributed by atoms with van der Waals surface area (Å²) in [5, 5.41) is 3.53. The van der Waals surface area contributed by atoms with Gasteiger partial charge in [0.05, 0.1) is 16.8 Å². The topological polar surface area (TPSA) is 68.3 Å². The zero-order chi connectivity index (χ0) is 19.9. The lowest BCUT2D eigenvalue weighted by atomic mass is 10.0. The van der Waals surface area contributed by atoms with Crippen molar-refractivity contribution in [3.05, 3.63) is 66.2 Å². The summed E-state index contributed by atoms with van der Waals surface area (Å²) in [6.07, 6.45) is 1.86. The van der Waals surface area contributed by atoms with Gasteiger partial charge < -0.3 is 10.1 Å². The lowest BCUT2D eigenvalue weighted by Crippen LogP contribution is -2.35. The highest BCUT2D eigenvalue weighted by Crippen LogP contribution is 2.25. The third-order valence-electron chi connectivity index (χ3n) is 4.47. The first-order chi connectivity index (χ1) is 13.6. The summed E-state index contributed by atoms with van der Waals surface area (Å²) in [4.78, 5) is 29.4. The number of fused-ring (bicyclic) bond motifs is 1. The van der Waals surface area contributed by atoms with Gasteiger partial charge in [0, 0.05) is 17.0 Å². The zero-order valence-corrected chi connectivity index (χ0v) is 16.1. The van der Waals surface area contributed by atoms with Crippen LogP contribution < -0.4 is 5.32 Å². The minimum Gasteiger partial charge on any atom is -0.452 e. The van der Waals surface area contributed by atoms with E-state index < -0.39 is 5.97 Å². The molecule has 5 heteroatoms. The molecule has 1 aromatic heterocycles. The average Bonchev–Trinajstić information content (AvgIpc) is 2.72. The first-order valence-corrected chi connectivity index (χ1v) is 9.50. The Morgan fingerprint density at radius 2 is 1.79 bits per heavy atom. The minimum absolute atomic E-state index is 0.0580. The number of aromatic nitrogens is 1. The predicted molar refractivity (Wildman–Crippen MR) is 110 cm³/mol. The van der Waals surface area contributed by atoms with Crippen LogP contribution in [-0.4, -0.2) is 29.5 Å². The molecule has 0 aliphatic carbocycles. The number of amides is 1. The van der Waals surface area contributed by atoms with Gasteiger partial charge in [-0.1, -0.05) is 61.9 Å². The van der Waals surface area contributed by atoms with Crippen molar-refractivity contribution in [1.82, 2.24) is 10.3 Å². The normalized spacial score (nSPS) is 11.8. The number of nitrogens with one attached hydrogen (secondary N) is 1. The third kappa shape index (κ3) is 4.74. The van der Waals surface area contributed by atoms with E-state index in [0.717, 1.165) is 18.4 Å². The van der Waals surface area contributed by atoms with Crippen molar-refractivity contribution < 1.29 is 14.3 Å². The predicted octanol–water partition coefficient (Wildman–Crippen LogP) is 4.36. The Labute approximate surface area is 164 Å². The Morgan fingerprint density at radius 1 is 1.07 bits per heavy atom. The number of benzene rings is 2. The van der Waals surface area contributed by atoms with Crippen LogP contribution in [0, 0.1) is 0 Å². The number of carbonyl (C=O) groups excluding carboxylic acids is 2. The molecule has 1 amide bonds. The molecule has 3 aromatic rings. The fourth-order valence-corrected chi connectivity index (χ4v) is 3.13. The molecule has 0 aliphatic heterocycles. The lowest BCUT2D eigenvalue weighted by molar-refractivity contribution is -0.124. The van der Waals surface area contributed by atoms with Gasteiger partial charge in [0.25, 0.3) is 5.91 Å². The number of para-hydroxylation sites is 1. The molecule has 1 heterocycles. The Morgan fingerprint density at radius 3 is 2.54 bits per heavy atom. The van der Waals surface area contributed by atoms with Gasteiger partial charge in [0.15, 0.2) is 6.61 Å². The van der Waals surface area contributed by atoms with Gasteiger partial charge in [-0.25, -0.2) is 9.78 Å². The first-order valence-electron chi connectivity index (χ1n) is 9.50. The van der Waals surface area contributed by atoms with Gasteiger partial charge >= 0.3 is 5.97 Å². The Hall–Kier alpha value is -3.21. The molecule has 0 bridgehead atoms.